The van der Waals surface area contributed by atoms with Crippen molar-refractivity contribution >= 4 is 43.1 Å². The van der Waals surface area contributed by atoms with Crippen molar-refractivity contribution in [3.8, 4) is 44.9 Å². The van der Waals surface area contributed by atoms with E-state index in [4.69, 9.17) is 11.6 Å². The molecule has 9 rings (SSSR count). The molecule has 1 heteroatoms. The standard InChI is InChI=1S/C40H24O/c1-2-9-26(10-3-1)39-31-14-5-4-11-27(31)23-29-19-21-32-30(15-8-17-33(32)40(29)39)28-20-22-36-35(24-28)34-16-6-12-25-13-7-18-37(41-36)38(25)34/h1-24H/i1D,2D,3D,9D,10D. The van der Waals surface area contributed by atoms with E-state index in [1.165, 1.54) is 0 Å². The van der Waals surface area contributed by atoms with Gasteiger partial charge in [-0.25, -0.2) is 0 Å². The van der Waals surface area contributed by atoms with E-state index in [0.717, 1.165) is 76.8 Å². The summed E-state index contributed by atoms with van der Waals surface area (Å²) in [7, 11) is 0. The third-order valence-electron chi connectivity index (χ3n) is 8.30. The number of hydrogen-bond acceptors (Lipinski definition) is 1. The van der Waals surface area contributed by atoms with E-state index >= 15 is 0 Å². The van der Waals surface area contributed by atoms with Crippen LogP contribution >= 0.6 is 0 Å². The Morgan fingerprint density at radius 2 is 1.22 bits per heavy atom. The van der Waals surface area contributed by atoms with E-state index in [-0.39, 0.29) is 29.7 Å². The van der Waals surface area contributed by atoms with Crippen molar-refractivity contribution in [2.24, 2.45) is 0 Å². The van der Waals surface area contributed by atoms with Crippen LogP contribution in [0.15, 0.2) is 145 Å². The normalized spacial score (nSPS) is 13.8. The zero-order chi connectivity index (χ0) is 31.3. The van der Waals surface area contributed by atoms with Gasteiger partial charge in [-0.3, -0.25) is 0 Å². The van der Waals surface area contributed by atoms with Gasteiger partial charge in [0.1, 0.15) is 11.5 Å². The molecule has 0 radical (unpaired) electrons. The van der Waals surface area contributed by atoms with Crippen LogP contribution < -0.4 is 4.74 Å². The zero-order valence-corrected chi connectivity index (χ0v) is 21.9. The maximum Gasteiger partial charge on any atom is 0.135 e. The van der Waals surface area contributed by atoms with Gasteiger partial charge in [-0.2, -0.15) is 0 Å². The second-order valence-corrected chi connectivity index (χ2v) is 10.5. The Labute approximate surface area is 244 Å². The van der Waals surface area contributed by atoms with E-state index in [1.807, 2.05) is 48.5 Å². The summed E-state index contributed by atoms with van der Waals surface area (Å²) >= 11 is 0. The van der Waals surface area contributed by atoms with Gasteiger partial charge >= 0.3 is 0 Å². The van der Waals surface area contributed by atoms with Crippen LogP contribution in [0, 0.1) is 0 Å². The quantitative estimate of drug-likeness (QED) is 0.161. The number of ether oxygens (including phenoxy) is 1. The summed E-state index contributed by atoms with van der Waals surface area (Å²) in [5.74, 6) is 1.67. The summed E-state index contributed by atoms with van der Waals surface area (Å²) in [6.07, 6.45) is 0. The van der Waals surface area contributed by atoms with Gasteiger partial charge < -0.3 is 4.74 Å². The van der Waals surface area contributed by atoms with Crippen LogP contribution in [-0.4, -0.2) is 0 Å². The zero-order valence-electron chi connectivity index (χ0n) is 26.9. The largest absolute Gasteiger partial charge is 0.456 e. The lowest BCUT2D eigenvalue weighted by Gasteiger charge is -2.22. The molecule has 0 fully saturated rings. The molecule has 0 bridgehead atoms. The molecule has 0 aromatic heterocycles. The lowest BCUT2D eigenvalue weighted by atomic mass is 9.87. The van der Waals surface area contributed by atoms with Crippen LogP contribution in [0.25, 0.3) is 76.5 Å². The maximum absolute atomic E-state index is 8.91. The molecular formula is C40H24O. The highest BCUT2D eigenvalue weighted by Crippen LogP contribution is 2.48. The molecule has 190 valence electrons. The summed E-state index contributed by atoms with van der Waals surface area (Å²) in [5, 5.41) is 7.77. The molecule has 0 saturated carbocycles. The first-order valence-electron chi connectivity index (χ1n) is 16.2. The van der Waals surface area contributed by atoms with E-state index in [2.05, 4.69) is 66.7 Å². The van der Waals surface area contributed by atoms with Gasteiger partial charge in [0.25, 0.3) is 0 Å². The predicted molar refractivity (Wildman–Crippen MR) is 173 cm³/mol. The summed E-state index contributed by atoms with van der Waals surface area (Å²) < 4.78 is 49.3. The third-order valence-corrected chi connectivity index (χ3v) is 8.30. The predicted octanol–water partition coefficient (Wildman–Crippen LogP) is 11.4. The molecule has 1 aliphatic rings. The molecule has 0 N–H and O–H groups in total. The molecule has 8 aromatic rings. The minimum Gasteiger partial charge on any atom is -0.456 e. The van der Waals surface area contributed by atoms with Gasteiger partial charge in [0.15, 0.2) is 0 Å². The molecule has 1 nitrogen and oxygen atoms in total. The van der Waals surface area contributed by atoms with Crippen molar-refractivity contribution in [3.05, 3.63) is 145 Å². The van der Waals surface area contributed by atoms with E-state index in [0.29, 0.717) is 5.56 Å². The van der Waals surface area contributed by atoms with Crippen LogP contribution in [-0.2, 0) is 0 Å². The van der Waals surface area contributed by atoms with Crippen molar-refractivity contribution in [1.29, 1.82) is 0 Å². The van der Waals surface area contributed by atoms with Gasteiger partial charge in [-0.1, -0.05) is 121 Å². The molecule has 8 aromatic carbocycles. The smallest absolute Gasteiger partial charge is 0.135 e. The topological polar surface area (TPSA) is 9.23 Å². The van der Waals surface area contributed by atoms with Gasteiger partial charge in [0, 0.05) is 10.9 Å². The average Bonchev–Trinajstić information content (AvgIpc) is 3.09. The SMILES string of the molecule is [2H]c1c([2H])c([2H])c(-c2c3ccccc3cc3ccc4c(-c5ccc6c(c5)-c5cccc7cccc(c57)O6)cccc4c23)c([2H])c1[2H]. The Hall–Kier alpha value is -5.40. The molecule has 0 unspecified atom stereocenters. The first-order chi connectivity index (χ1) is 22.4. The molecule has 1 heterocycles. The Bertz CT molecular complexity index is 2590. The molecular weight excluding hydrogens is 496 g/mol. The van der Waals surface area contributed by atoms with Crippen molar-refractivity contribution in [3.63, 3.8) is 0 Å². The Balaban J connectivity index is 1.36. The molecule has 0 spiro atoms. The van der Waals surface area contributed by atoms with Crippen molar-refractivity contribution < 1.29 is 11.6 Å². The maximum atomic E-state index is 8.91. The highest BCUT2D eigenvalue weighted by atomic mass is 16.5. The van der Waals surface area contributed by atoms with Crippen molar-refractivity contribution in [1.82, 2.24) is 0 Å². The van der Waals surface area contributed by atoms with Crippen LogP contribution in [0.4, 0.5) is 0 Å². The first-order valence-corrected chi connectivity index (χ1v) is 13.7. The molecule has 0 amide bonds. The van der Waals surface area contributed by atoms with Gasteiger partial charge in [0.2, 0.25) is 0 Å². The number of fused-ring (bicyclic) bond motifs is 6. The summed E-state index contributed by atoms with van der Waals surface area (Å²) in [6.45, 7) is 0. The van der Waals surface area contributed by atoms with Crippen molar-refractivity contribution in [2.75, 3.05) is 0 Å². The third kappa shape index (κ3) is 3.30. The van der Waals surface area contributed by atoms with E-state index in [9.17, 15) is 0 Å². The Morgan fingerprint density at radius 1 is 0.439 bits per heavy atom. The van der Waals surface area contributed by atoms with Crippen LogP contribution in [0.2, 0.25) is 0 Å². The fraction of sp³-hybridized carbons (Fsp3) is 0. The average molecular weight is 526 g/mol. The minimum atomic E-state index is -0.398. The van der Waals surface area contributed by atoms with Gasteiger partial charge in [0.05, 0.1) is 6.85 Å². The molecule has 1 aliphatic heterocycles. The van der Waals surface area contributed by atoms with Crippen LogP contribution in [0.5, 0.6) is 11.5 Å². The Kier molecular flexibility index (Phi) is 3.76. The minimum absolute atomic E-state index is 0.207. The second kappa shape index (κ2) is 8.55. The summed E-state index contributed by atoms with van der Waals surface area (Å²) in [4.78, 5) is 0. The monoisotopic (exact) mass is 525 g/mol. The summed E-state index contributed by atoms with van der Waals surface area (Å²) in [6, 6.07) is 37.6. The van der Waals surface area contributed by atoms with Crippen LogP contribution in [0.3, 0.4) is 0 Å². The number of hydrogen-bond donors (Lipinski definition) is 0. The highest BCUT2D eigenvalue weighted by Gasteiger charge is 2.21. The lowest BCUT2D eigenvalue weighted by molar-refractivity contribution is 0.487. The van der Waals surface area contributed by atoms with E-state index in [1.54, 1.807) is 0 Å². The molecule has 0 aliphatic carbocycles. The van der Waals surface area contributed by atoms with Gasteiger partial charge in [-0.15, -0.1) is 0 Å². The fourth-order valence-electron chi connectivity index (χ4n) is 6.54. The Morgan fingerprint density at radius 3 is 2.15 bits per heavy atom. The number of benzene rings is 8. The molecule has 0 atom stereocenters. The fourth-order valence-corrected chi connectivity index (χ4v) is 6.54. The van der Waals surface area contributed by atoms with Gasteiger partial charge in [-0.05, 0) is 89.8 Å². The first kappa shape index (κ1) is 18.0. The molecule has 0 saturated heterocycles. The second-order valence-electron chi connectivity index (χ2n) is 10.5. The van der Waals surface area contributed by atoms with E-state index < -0.39 is 6.04 Å². The van der Waals surface area contributed by atoms with Crippen LogP contribution in [0.1, 0.15) is 6.85 Å². The molecule has 41 heavy (non-hydrogen) atoms. The lowest BCUT2D eigenvalue weighted by Crippen LogP contribution is -1.97. The highest BCUT2D eigenvalue weighted by molar-refractivity contribution is 6.23. The van der Waals surface area contributed by atoms with Crippen molar-refractivity contribution in [2.45, 2.75) is 0 Å². The number of rotatable bonds is 2. The summed E-state index contributed by atoms with van der Waals surface area (Å²) in [5.41, 5.74) is 5.10.